The number of aromatic hydroxyl groups is 1. The molecule has 3 aromatic carbocycles. The fraction of sp³-hybridized carbons (Fsp3) is 0.333. The molecule has 0 radical (unpaired) electrons. The van der Waals surface area contributed by atoms with Crippen LogP contribution in [-0.4, -0.2) is 53.1 Å². The number of rotatable bonds is 4. The van der Waals surface area contributed by atoms with Gasteiger partial charge in [-0.2, -0.15) is 0 Å². The zero-order valence-electron chi connectivity index (χ0n) is 20.4. The van der Waals surface area contributed by atoms with E-state index in [1.54, 1.807) is 18.2 Å². The first-order chi connectivity index (χ1) is 17.0. The summed E-state index contributed by atoms with van der Waals surface area (Å²) in [6.45, 7) is 4.50. The molecule has 9 nitrogen and oxygen atoms in total. The van der Waals surface area contributed by atoms with E-state index in [9.17, 15) is 24.9 Å². The average molecular weight is 494 g/mol. The van der Waals surface area contributed by atoms with Crippen LogP contribution in [0.4, 0.5) is 0 Å². The van der Waals surface area contributed by atoms with Crippen molar-refractivity contribution in [2.24, 2.45) is 0 Å². The maximum Gasteiger partial charge on any atom is 0.344 e. The molecule has 2 heterocycles. The summed E-state index contributed by atoms with van der Waals surface area (Å²) in [4.78, 5) is 25.4. The molecule has 1 fully saturated rings. The highest BCUT2D eigenvalue weighted by Crippen LogP contribution is 2.49. The molecule has 4 unspecified atom stereocenters. The SMILES string of the molecule is COc1cc2c(oc(=O)c3cc(C)cc(OC)c32)c2c(C3OC(C)C(O)(C(C)=O)C3O)ccc(O)c12. The van der Waals surface area contributed by atoms with Gasteiger partial charge in [0.05, 0.1) is 31.1 Å². The number of fused-ring (bicyclic) bond motifs is 5. The first kappa shape index (κ1) is 24.1. The lowest BCUT2D eigenvalue weighted by atomic mass is 9.84. The number of benzene rings is 3. The van der Waals surface area contributed by atoms with E-state index in [2.05, 4.69) is 0 Å². The molecule has 3 N–H and O–H groups in total. The number of phenols is 1. The maximum atomic E-state index is 13.2. The number of aliphatic hydroxyl groups is 2. The Labute approximate surface area is 205 Å². The van der Waals surface area contributed by atoms with E-state index in [1.165, 1.54) is 40.2 Å². The van der Waals surface area contributed by atoms with Gasteiger partial charge in [-0.05, 0) is 56.2 Å². The Balaban J connectivity index is 1.97. The van der Waals surface area contributed by atoms with Crippen LogP contribution in [0.3, 0.4) is 0 Å². The first-order valence-corrected chi connectivity index (χ1v) is 11.4. The standard InChI is InChI=1S/C27H26O9/c1-11-8-16-20(18(9-11)33-4)15-10-19(34-5)22-17(29)7-6-14(21(22)23(15)36-26(16)31)24-25(30)27(32,12(2)28)13(3)35-24/h6-10,13,24-25,29-30,32H,1-5H3. The van der Waals surface area contributed by atoms with E-state index in [4.69, 9.17) is 18.6 Å². The smallest absolute Gasteiger partial charge is 0.344 e. The van der Waals surface area contributed by atoms with Crippen LogP contribution in [0, 0.1) is 6.92 Å². The summed E-state index contributed by atoms with van der Waals surface area (Å²) in [5, 5.41) is 34.6. The molecule has 9 heteroatoms. The molecule has 5 rings (SSSR count). The number of aryl methyl sites for hydroxylation is 1. The van der Waals surface area contributed by atoms with E-state index in [0.717, 1.165) is 5.56 Å². The Hall–Kier alpha value is -3.66. The number of hydrogen-bond donors (Lipinski definition) is 3. The first-order valence-electron chi connectivity index (χ1n) is 11.4. The number of aliphatic hydroxyl groups excluding tert-OH is 1. The van der Waals surface area contributed by atoms with E-state index in [1.807, 2.05) is 6.92 Å². The summed E-state index contributed by atoms with van der Waals surface area (Å²) in [6, 6.07) is 8.02. The van der Waals surface area contributed by atoms with E-state index >= 15 is 0 Å². The van der Waals surface area contributed by atoms with Crippen molar-refractivity contribution in [3.63, 3.8) is 0 Å². The number of carbonyl (C=O) groups excluding carboxylic acids is 1. The summed E-state index contributed by atoms with van der Waals surface area (Å²) in [7, 11) is 2.93. The fourth-order valence-electron chi connectivity index (χ4n) is 5.30. The summed E-state index contributed by atoms with van der Waals surface area (Å²) >= 11 is 0. The molecule has 4 atom stereocenters. The van der Waals surface area contributed by atoms with Crippen molar-refractivity contribution < 1.29 is 38.7 Å². The summed E-state index contributed by atoms with van der Waals surface area (Å²) in [5.41, 5.74) is -1.55. The number of phenolic OH excluding ortho intramolecular Hbond substituents is 1. The van der Waals surface area contributed by atoms with Crippen LogP contribution >= 0.6 is 0 Å². The van der Waals surface area contributed by atoms with Gasteiger partial charge in [0, 0.05) is 16.2 Å². The highest BCUT2D eigenvalue weighted by Gasteiger charge is 2.57. The van der Waals surface area contributed by atoms with Gasteiger partial charge >= 0.3 is 5.63 Å². The Morgan fingerprint density at radius 1 is 1.03 bits per heavy atom. The van der Waals surface area contributed by atoms with Crippen LogP contribution < -0.4 is 15.1 Å². The van der Waals surface area contributed by atoms with Crippen LogP contribution in [0.2, 0.25) is 0 Å². The van der Waals surface area contributed by atoms with Gasteiger partial charge in [0.15, 0.2) is 11.4 Å². The molecule has 1 saturated heterocycles. The molecule has 1 aromatic heterocycles. The highest BCUT2D eigenvalue weighted by molar-refractivity contribution is 6.19. The summed E-state index contributed by atoms with van der Waals surface area (Å²) < 4.78 is 22.9. The van der Waals surface area contributed by atoms with Crippen molar-refractivity contribution in [2.75, 3.05) is 14.2 Å². The fourth-order valence-corrected chi connectivity index (χ4v) is 5.30. The zero-order valence-corrected chi connectivity index (χ0v) is 20.4. The molecule has 0 saturated carbocycles. The number of ketones is 1. The van der Waals surface area contributed by atoms with Gasteiger partial charge in [-0.25, -0.2) is 4.79 Å². The molecule has 0 spiro atoms. The largest absolute Gasteiger partial charge is 0.507 e. The van der Waals surface area contributed by atoms with E-state index in [0.29, 0.717) is 27.5 Å². The normalized spacial score (nSPS) is 24.0. The molecule has 0 bridgehead atoms. The quantitative estimate of drug-likeness (QED) is 0.288. The molecule has 0 aliphatic carbocycles. The van der Waals surface area contributed by atoms with Gasteiger partial charge in [-0.1, -0.05) is 6.07 Å². The van der Waals surface area contributed by atoms with Crippen molar-refractivity contribution in [1.29, 1.82) is 0 Å². The Morgan fingerprint density at radius 2 is 1.69 bits per heavy atom. The monoisotopic (exact) mass is 494 g/mol. The third-order valence-corrected chi connectivity index (χ3v) is 7.16. The van der Waals surface area contributed by atoms with Crippen LogP contribution in [-0.2, 0) is 9.53 Å². The van der Waals surface area contributed by atoms with Gasteiger partial charge in [0.25, 0.3) is 0 Å². The minimum Gasteiger partial charge on any atom is -0.507 e. The second-order valence-electron chi connectivity index (χ2n) is 9.18. The minimum absolute atomic E-state index is 0.109. The second kappa shape index (κ2) is 8.19. The lowest BCUT2D eigenvalue weighted by Gasteiger charge is -2.26. The number of methoxy groups -OCH3 is 2. The number of ether oxygens (including phenoxy) is 3. The predicted molar refractivity (Wildman–Crippen MR) is 132 cm³/mol. The van der Waals surface area contributed by atoms with Crippen molar-refractivity contribution in [3.8, 4) is 17.2 Å². The zero-order chi connectivity index (χ0) is 26.1. The van der Waals surface area contributed by atoms with Gasteiger partial charge in [-0.3, -0.25) is 4.79 Å². The molecule has 188 valence electrons. The minimum atomic E-state index is -2.14. The third-order valence-electron chi connectivity index (χ3n) is 7.16. The van der Waals surface area contributed by atoms with Crippen LogP contribution in [0.1, 0.15) is 31.1 Å². The van der Waals surface area contributed by atoms with Gasteiger partial charge in [-0.15, -0.1) is 0 Å². The van der Waals surface area contributed by atoms with E-state index < -0.39 is 35.3 Å². The number of hydrogen-bond acceptors (Lipinski definition) is 9. The second-order valence-corrected chi connectivity index (χ2v) is 9.18. The number of carbonyl (C=O) groups is 1. The predicted octanol–water partition coefficient (Wildman–Crippen LogP) is 3.27. The summed E-state index contributed by atoms with van der Waals surface area (Å²) in [5.74, 6) is -0.0821. The Kier molecular flexibility index (Phi) is 5.47. The van der Waals surface area contributed by atoms with Crippen LogP contribution in [0.15, 0.2) is 39.5 Å². The lowest BCUT2D eigenvalue weighted by molar-refractivity contribution is -0.148. The van der Waals surface area contributed by atoms with Crippen molar-refractivity contribution in [2.45, 2.75) is 44.7 Å². The maximum absolute atomic E-state index is 13.2. The lowest BCUT2D eigenvalue weighted by Crippen LogP contribution is -2.52. The van der Waals surface area contributed by atoms with Crippen molar-refractivity contribution in [3.05, 3.63) is 51.9 Å². The average Bonchev–Trinajstić information content (AvgIpc) is 3.08. The molecular formula is C27H26O9. The Bertz CT molecular complexity index is 1620. The van der Waals surface area contributed by atoms with Gasteiger partial charge < -0.3 is 33.9 Å². The molecule has 4 aromatic rings. The van der Waals surface area contributed by atoms with Crippen molar-refractivity contribution >= 4 is 38.3 Å². The molecule has 1 aliphatic rings. The highest BCUT2D eigenvalue weighted by atomic mass is 16.5. The molecule has 0 amide bonds. The molecular weight excluding hydrogens is 468 g/mol. The van der Waals surface area contributed by atoms with Crippen LogP contribution in [0.5, 0.6) is 17.2 Å². The molecule has 1 aliphatic heterocycles. The Morgan fingerprint density at radius 3 is 2.31 bits per heavy atom. The number of Topliss-reactive ketones (excluding diaryl/α,β-unsaturated/α-hetero) is 1. The van der Waals surface area contributed by atoms with Crippen LogP contribution in [0.25, 0.3) is 32.5 Å². The third kappa shape index (κ3) is 3.13. The van der Waals surface area contributed by atoms with Gasteiger partial charge in [0.1, 0.15) is 35.0 Å². The van der Waals surface area contributed by atoms with E-state index in [-0.39, 0.29) is 27.9 Å². The topological polar surface area (TPSA) is 136 Å². The molecule has 36 heavy (non-hydrogen) atoms. The van der Waals surface area contributed by atoms with Crippen molar-refractivity contribution in [1.82, 2.24) is 0 Å². The van der Waals surface area contributed by atoms with Gasteiger partial charge in [0.2, 0.25) is 0 Å². The summed E-state index contributed by atoms with van der Waals surface area (Å²) in [6.07, 6.45) is -3.82.